The van der Waals surface area contributed by atoms with Gasteiger partial charge in [0.15, 0.2) is 6.10 Å². The molecule has 0 saturated heterocycles. The summed E-state index contributed by atoms with van der Waals surface area (Å²) in [6.45, 7) is 6.34. The van der Waals surface area contributed by atoms with Crippen molar-refractivity contribution in [2.45, 2.75) is 252 Å². The molecule has 0 radical (unpaired) electrons. The molecule has 0 aliphatic heterocycles. The van der Waals surface area contributed by atoms with Gasteiger partial charge in [-0.2, -0.15) is 0 Å². The maximum Gasteiger partial charge on any atom is 0.306 e. The van der Waals surface area contributed by atoms with Crippen LogP contribution in [-0.4, -0.2) is 37.2 Å². The molecule has 0 amide bonds. The van der Waals surface area contributed by atoms with Gasteiger partial charge in [-0.15, -0.1) is 0 Å². The fraction of sp³-hybridized carbons (Fsp3) is 0.683. The molecule has 0 bridgehead atoms. The minimum absolute atomic E-state index is 0.100. The van der Waals surface area contributed by atoms with Gasteiger partial charge in [-0.3, -0.25) is 14.4 Å². The SMILES string of the molecule is CC/C=C/C=C/C=C/CCCCCCCC(=O)OCC(COC(=O)CCCCCCCCC/C=C/CCCCCCCCCC)OC(=O)CCCCC/C=C/C/C=C/C/C=C/C/C=C/CC. The summed E-state index contributed by atoms with van der Waals surface area (Å²) in [6.07, 6.45) is 71.1. The van der Waals surface area contributed by atoms with Crippen molar-refractivity contribution < 1.29 is 28.6 Å². The first-order valence-electron chi connectivity index (χ1n) is 27.3. The van der Waals surface area contributed by atoms with E-state index < -0.39 is 6.10 Å². The zero-order valence-electron chi connectivity index (χ0n) is 42.9. The van der Waals surface area contributed by atoms with Gasteiger partial charge in [-0.1, -0.05) is 221 Å². The highest BCUT2D eigenvalue weighted by molar-refractivity contribution is 5.71. The summed E-state index contributed by atoms with van der Waals surface area (Å²) >= 11 is 0. The molecule has 0 saturated carbocycles. The second-order valence-corrected chi connectivity index (χ2v) is 17.8. The van der Waals surface area contributed by atoms with Gasteiger partial charge in [0.2, 0.25) is 0 Å². The Morgan fingerprint density at radius 2 is 0.667 bits per heavy atom. The second-order valence-electron chi connectivity index (χ2n) is 17.8. The number of carbonyl (C=O) groups is 3. The highest BCUT2D eigenvalue weighted by Crippen LogP contribution is 2.14. The van der Waals surface area contributed by atoms with Crippen molar-refractivity contribution in [2.75, 3.05) is 13.2 Å². The largest absolute Gasteiger partial charge is 0.462 e. The molecular weight excluding hydrogens is 817 g/mol. The summed E-state index contributed by atoms with van der Waals surface area (Å²) in [5.41, 5.74) is 0. The van der Waals surface area contributed by atoms with E-state index in [2.05, 4.69) is 118 Å². The van der Waals surface area contributed by atoms with Crippen molar-refractivity contribution >= 4 is 17.9 Å². The predicted octanol–water partition coefficient (Wildman–Crippen LogP) is 18.1. The van der Waals surface area contributed by atoms with Crippen molar-refractivity contribution in [2.24, 2.45) is 0 Å². The molecule has 0 N–H and O–H groups in total. The van der Waals surface area contributed by atoms with Gasteiger partial charge in [0.05, 0.1) is 0 Å². The van der Waals surface area contributed by atoms with Gasteiger partial charge >= 0.3 is 17.9 Å². The number of unbranched alkanes of at least 4 members (excludes halogenated alkanes) is 23. The van der Waals surface area contributed by atoms with E-state index >= 15 is 0 Å². The molecule has 0 rings (SSSR count). The summed E-state index contributed by atoms with van der Waals surface area (Å²) in [5.74, 6) is -0.957. The van der Waals surface area contributed by atoms with Crippen LogP contribution in [0, 0.1) is 0 Å². The molecule has 1 atom stereocenters. The van der Waals surface area contributed by atoms with Crippen LogP contribution in [0.1, 0.15) is 245 Å². The topological polar surface area (TPSA) is 78.9 Å². The summed E-state index contributed by atoms with van der Waals surface area (Å²) in [5, 5.41) is 0. The molecule has 0 fully saturated rings. The summed E-state index contributed by atoms with van der Waals surface area (Å²) in [4.78, 5) is 38.1. The Balaban J connectivity index is 4.44. The quantitative estimate of drug-likeness (QED) is 0.0199. The molecule has 1 unspecified atom stereocenters. The number of rotatable bonds is 48. The van der Waals surface area contributed by atoms with Crippen molar-refractivity contribution in [1.29, 1.82) is 0 Å². The number of hydrogen-bond donors (Lipinski definition) is 0. The molecule has 0 aromatic rings. The highest BCUT2D eigenvalue weighted by atomic mass is 16.6. The van der Waals surface area contributed by atoms with Gasteiger partial charge < -0.3 is 14.2 Å². The van der Waals surface area contributed by atoms with Crippen LogP contribution >= 0.6 is 0 Å². The van der Waals surface area contributed by atoms with E-state index in [1.165, 1.54) is 89.9 Å². The Bertz CT molecular complexity index is 1330. The molecule has 0 heterocycles. The lowest BCUT2D eigenvalue weighted by molar-refractivity contribution is -0.167. The normalized spacial score (nSPS) is 12.8. The van der Waals surface area contributed by atoms with E-state index in [4.69, 9.17) is 14.2 Å². The van der Waals surface area contributed by atoms with Crippen molar-refractivity contribution in [3.05, 3.63) is 97.2 Å². The summed E-state index contributed by atoms with van der Waals surface area (Å²) in [7, 11) is 0. The van der Waals surface area contributed by atoms with Gasteiger partial charge in [-0.05, 0) is 103 Å². The second kappa shape index (κ2) is 53.9. The zero-order valence-corrected chi connectivity index (χ0v) is 42.9. The van der Waals surface area contributed by atoms with Crippen molar-refractivity contribution in [3.63, 3.8) is 0 Å². The zero-order chi connectivity index (χ0) is 47.9. The van der Waals surface area contributed by atoms with E-state index in [0.717, 1.165) is 116 Å². The predicted molar refractivity (Wildman–Crippen MR) is 284 cm³/mol. The van der Waals surface area contributed by atoms with E-state index in [9.17, 15) is 14.4 Å². The summed E-state index contributed by atoms with van der Waals surface area (Å²) < 4.78 is 16.8. The minimum Gasteiger partial charge on any atom is -0.462 e. The van der Waals surface area contributed by atoms with E-state index in [1.54, 1.807) is 0 Å². The smallest absolute Gasteiger partial charge is 0.306 e. The lowest BCUT2D eigenvalue weighted by Gasteiger charge is -2.18. The molecule has 6 heteroatoms. The Morgan fingerprint density at radius 1 is 0.333 bits per heavy atom. The van der Waals surface area contributed by atoms with Gasteiger partial charge in [0.25, 0.3) is 0 Å². The highest BCUT2D eigenvalue weighted by Gasteiger charge is 2.19. The van der Waals surface area contributed by atoms with Gasteiger partial charge in [-0.25, -0.2) is 0 Å². The number of ether oxygens (including phenoxy) is 3. The average molecular weight is 917 g/mol. The van der Waals surface area contributed by atoms with Crippen LogP contribution in [0.2, 0.25) is 0 Å². The Kier molecular flexibility index (Phi) is 50.9. The molecular formula is C60H100O6. The van der Waals surface area contributed by atoms with Crippen LogP contribution in [0.3, 0.4) is 0 Å². The molecule has 376 valence electrons. The Hall–Kier alpha value is -3.67. The van der Waals surface area contributed by atoms with E-state index in [1.807, 2.05) is 0 Å². The lowest BCUT2D eigenvalue weighted by atomic mass is 10.1. The first-order chi connectivity index (χ1) is 32.5. The third-order valence-corrected chi connectivity index (χ3v) is 11.4. The lowest BCUT2D eigenvalue weighted by Crippen LogP contribution is -2.30. The van der Waals surface area contributed by atoms with Crippen LogP contribution in [0.15, 0.2) is 97.2 Å². The van der Waals surface area contributed by atoms with Crippen LogP contribution in [-0.2, 0) is 28.6 Å². The van der Waals surface area contributed by atoms with E-state index in [0.29, 0.717) is 12.8 Å². The molecule has 6 nitrogen and oxygen atoms in total. The van der Waals surface area contributed by atoms with Crippen molar-refractivity contribution in [1.82, 2.24) is 0 Å². The number of esters is 3. The van der Waals surface area contributed by atoms with Crippen molar-refractivity contribution in [3.8, 4) is 0 Å². The van der Waals surface area contributed by atoms with Crippen LogP contribution in [0.4, 0.5) is 0 Å². The molecule has 0 aromatic carbocycles. The molecule has 0 aromatic heterocycles. The van der Waals surface area contributed by atoms with Gasteiger partial charge in [0.1, 0.15) is 13.2 Å². The van der Waals surface area contributed by atoms with Crippen LogP contribution in [0.5, 0.6) is 0 Å². The standard InChI is InChI=1S/C60H100O6/c1-4-7-10-13-16-19-22-25-27-29-30-31-33-35-38-41-44-47-50-53-59(62)65-56-57(55-64-58(61)52-49-46-43-40-37-34-24-21-18-15-12-9-6-3)66-60(63)54-51-48-45-42-39-36-32-28-26-23-20-17-14-11-8-5-2/h8-9,11-12,15,17-18,20-21,24,26,28-30,36,39,57H,4-7,10,13-14,16,19,22-23,25,27,31-35,37-38,40-56H2,1-3H3/b11-8+,12-9+,18-15+,20-17+,24-21+,28-26+,30-29+,39-36+. The summed E-state index contributed by atoms with van der Waals surface area (Å²) in [6, 6.07) is 0. The molecule has 0 aliphatic rings. The monoisotopic (exact) mass is 917 g/mol. The Morgan fingerprint density at radius 3 is 1.12 bits per heavy atom. The third kappa shape index (κ3) is 51.3. The minimum atomic E-state index is -0.805. The number of allylic oxidation sites excluding steroid dienone is 16. The maximum absolute atomic E-state index is 12.8. The number of hydrogen-bond acceptors (Lipinski definition) is 6. The fourth-order valence-electron chi connectivity index (χ4n) is 7.31. The molecule has 0 spiro atoms. The van der Waals surface area contributed by atoms with Crippen LogP contribution < -0.4 is 0 Å². The van der Waals surface area contributed by atoms with E-state index in [-0.39, 0.29) is 37.5 Å². The number of carbonyl (C=O) groups excluding carboxylic acids is 3. The third-order valence-electron chi connectivity index (χ3n) is 11.4. The maximum atomic E-state index is 12.8. The van der Waals surface area contributed by atoms with Crippen LogP contribution in [0.25, 0.3) is 0 Å². The average Bonchev–Trinajstić information content (AvgIpc) is 3.31. The van der Waals surface area contributed by atoms with Gasteiger partial charge in [0, 0.05) is 19.3 Å². The Labute approximate surface area is 407 Å². The first kappa shape index (κ1) is 62.3. The molecule has 66 heavy (non-hydrogen) atoms. The first-order valence-corrected chi connectivity index (χ1v) is 27.3. The fourth-order valence-corrected chi connectivity index (χ4v) is 7.31. The molecule has 0 aliphatic carbocycles.